The van der Waals surface area contributed by atoms with Crippen LogP contribution in [-0.2, 0) is 20.9 Å². The van der Waals surface area contributed by atoms with Gasteiger partial charge in [0.15, 0.2) is 19.0 Å². The Bertz CT molecular complexity index is 1100. The number of carbonyl (C=O) groups is 2. The summed E-state index contributed by atoms with van der Waals surface area (Å²) in [5.41, 5.74) is 2.07. The van der Waals surface area contributed by atoms with Crippen LogP contribution in [0.1, 0.15) is 11.3 Å². The first-order chi connectivity index (χ1) is 14.9. The number of methoxy groups -OCH3 is 1. The van der Waals surface area contributed by atoms with Crippen LogP contribution in [0.25, 0.3) is 10.9 Å². The Hall–Kier alpha value is -3.03. The topological polar surface area (TPSA) is 86.8 Å². The van der Waals surface area contributed by atoms with Crippen LogP contribution < -0.4 is 14.8 Å². The lowest BCUT2D eigenvalue weighted by molar-refractivity contribution is -0.150. The van der Waals surface area contributed by atoms with Gasteiger partial charge in [0.2, 0.25) is 0 Å². The monoisotopic (exact) mass is 462 g/mol. The van der Waals surface area contributed by atoms with Crippen molar-refractivity contribution in [2.24, 2.45) is 0 Å². The molecule has 0 unspecified atom stereocenters. The molecule has 7 nitrogen and oxygen atoms in total. The van der Waals surface area contributed by atoms with Gasteiger partial charge in [-0.2, -0.15) is 0 Å². The van der Waals surface area contributed by atoms with E-state index in [9.17, 15) is 9.59 Å². The maximum Gasteiger partial charge on any atom is 0.344 e. The highest BCUT2D eigenvalue weighted by atomic mass is 35.5. The molecule has 0 bridgehead atoms. The number of carbonyl (C=O) groups excluding carboxylic acids is 2. The molecule has 0 saturated carbocycles. The SMILES string of the molecule is COc1ccc(CNC(=O)COC(=O)COc2c(Cl)cc(Cl)c3ccc(C)nc23)cc1. The maximum absolute atomic E-state index is 12.0. The Kier molecular flexibility index (Phi) is 7.55. The number of amides is 1. The summed E-state index contributed by atoms with van der Waals surface area (Å²) in [4.78, 5) is 28.3. The number of esters is 1. The minimum absolute atomic E-state index is 0.223. The van der Waals surface area contributed by atoms with E-state index in [0.29, 0.717) is 22.5 Å². The molecule has 0 fully saturated rings. The van der Waals surface area contributed by atoms with Gasteiger partial charge in [0, 0.05) is 17.6 Å². The van der Waals surface area contributed by atoms with Gasteiger partial charge in [-0.3, -0.25) is 4.79 Å². The Morgan fingerprint density at radius 1 is 1.03 bits per heavy atom. The number of benzene rings is 2. The molecule has 0 aliphatic rings. The number of aromatic nitrogens is 1. The number of ether oxygens (including phenoxy) is 3. The van der Waals surface area contributed by atoms with Crippen molar-refractivity contribution in [3.05, 3.63) is 63.8 Å². The highest BCUT2D eigenvalue weighted by Gasteiger charge is 2.16. The van der Waals surface area contributed by atoms with Crippen LogP contribution in [-0.4, -0.2) is 37.2 Å². The number of hydrogen-bond donors (Lipinski definition) is 1. The summed E-state index contributed by atoms with van der Waals surface area (Å²) in [7, 11) is 1.58. The molecule has 1 amide bonds. The second-order valence-corrected chi connectivity index (χ2v) is 7.41. The van der Waals surface area contributed by atoms with Crippen molar-refractivity contribution in [3.8, 4) is 11.5 Å². The lowest BCUT2D eigenvalue weighted by Gasteiger charge is -2.12. The number of hydrogen-bond acceptors (Lipinski definition) is 6. The third-order valence-corrected chi connectivity index (χ3v) is 4.92. The van der Waals surface area contributed by atoms with E-state index >= 15 is 0 Å². The van der Waals surface area contributed by atoms with E-state index in [2.05, 4.69) is 10.3 Å². The van der Waals surface area contributed by atoms with Crippen LogP contribution in [0.2, 0.25) is 10.0 Å². The standard InChI is InChI=1S/C22H20Cl2N2O5/c1-13-3-8-16-17(23)9-18(24)22(21(16)26-13)31-12-20(28)30-11-19(27)25-10-14-4-6-15(29-2)7-5-14/h3-9H,10-12H2,1-2H3,(H,25,27). The molecule has 1 heterocycles. The second-order valence-electron chi connectivity index (χ2n) is 6.59. The molecule has 0 radical (unpaired) electrons. The largest absolute Gasteiger partial charge is 0.497 e. The summed E-state index contributed by atoms with van der Waals surface area (Å²) in [5, 5.41) is 3.97. The number of halogens is 2. The van der Waals surface area contributed by atoms with Gasteiger partial charge in [-0.15, -0.1) is 0 Å². The zero-order chi connectivity index (χ0) is 22.4. The lowest BCUT2D eigenvalue weighted by atomic mass is 10.2. The van der Waals surface area contributed by atoms with Crippen LogP contribution in [0, 0.1) is 6.92 Å². The van der Waals surface area contributed by atoms with Crippen molar-refractivity contribution in [1.82, 2.24) is 10.3 Å². The first-order valence-corrected chi connectivity index (χ1v) is 10.1. The highest BCUT2D eigenvalue weighted by Crippen LogP contribution is 2.37. The minimum atomic E-state index is -0.716. The smallest absolute Gasteiger partial charge is 0.344 e. The summed E-state index contributed by atoms with van der Waals surface area (Å²) in [5.74, 6) is -0.198. The lowest BCUT2D eigenvalue weighted by Crippen LogP contribution is -2.29. The third kappa shape index (κ3) is 5.99. The molecule has 9 heteroatoms. The molecular weight excluding hydrogens is 443 g/mol. The Labute approximate surface area is 189 Å². The fourth-order valence-electron chi connectivity index (χ4n) is 2.74. The molecule has 162 valence electrons. The van der Waals surface area contributed by atoms with E-state index in [4.69, 9.17) is 37.4 Å². The zero-order valence-electron chi connectivity index (χ0n) is 16.9. The van der Waals surface area contributed by atoms with Crippen molar-refractivity contribution < 1.29 is 23.8 Å². The Balaban J connectivity index is 1.51. The first-order valence-electron chi connectivity index (χ1n) is 9.31. The van der Waals surface area contributed by atoms with E-state index in [1.165, 1.54) is 6.07 Å². The zero-order valence-corrected chi connectivity index (χ0v) is 18.4. The molecule has 3 aromatic rings. The van der Waals surface area contributed by atoms with Crippen molar-refractivity contribution in [1.29, 1.82) is 0 Å². The predicted octanol–water partition coefficient (Wildman–Crippen LogP) is 4.10. The van der Waals surface area contributed by atoms with Crippen molar-refractivity contribution in [3.63, 3.8) is 0 Å². The van der Waals surface area contributed by atoms with Gasteiger partial charge in [-0.1, -0.05) is 35.3 Å². The number of aryl methyl sites for hydroxylation is 1. The summed E-state index contributed by atoms with van der Waals surface area (Å²) < 4.78 is 15.6. The second kappa shape index (κ2) is 10.3. The summed E-state index contributed by atoms with van der Waals surface area (Å²) in [6.07, 6.45) is 0. The molecular formula is C22H20Cl2N2O5. The minimum Gasteiger partial charge on any atom is -0.497 e. The Morgan fingerprint density at radius 2 is 1.77 bits per heavy atom. The molecule has 0 atom stereocenters. The summed E-state index contributed by atoms with van der Waals surface area (Å²) in [6.45, 7) is 1.26. The van der Waals surface area contributed by atoms with Crippen LogP contribution in [0.5, 0.6) is 11.5 Å². The van der Waals surface area contributed by atoms with E-state index in [-0.39, 0.29) is 10.8 Å². The van der Waals surface area contributed by atoms with Crippen LogP contribution in [0.15, 0.2) is 42.5 Å². The molecule has 0 aliphatic carbocycles. The fraction of sp³-hybridized carbons (Fsp3) is 0.227. The molecule has 2 aromatic carbocycles. The van der Waals surface area contributed by atoms with Crippen molar-refractivity contribution in [2.75, 3.05) is 20.3 Å². The highest BCUT2D eigenvalue weighted by molar-refractivity contribution is 6.39. The van der Waals surface area contributed by atoms with Gasteiger partial charge >= 0.3 is 5.97 Å². The molecule has 1 aromatic heterocycles. The molecule has 1 N–H and O–H groups in total. The van der Waals surface area contributed by atoms with Crippen LogP contribution in [0.3, 0.4) is 0 Å². The summed E-state index contributed by atoms with van der Waals surface area (Å²) >= 11 is 12.4. The van der Waals surface area contributed by atoms with Crippen LogP contribution >= 0.6 is 23.2 Å². The maximum atomic E-state index is 12.0. The number of pyridine rings is 1. The summed E-state index contributed by atoms with van der Waals surface area (Å²) in [6, 6.07) is 12.4. The van der Waals surface area contributed by atoms with Crippen molar-refractivity contribution >= 4 is 46.0 Å². The number of nitrogens with zero attached hydrogens (tertiary/aromatic N) is 1. The van der Waals surface area contributed by atoms with Gasteiger partial charge in [-0.25, -0.2) is 9.78 Å². The Morgan fingerprint density at radius 3 is 2.48 bits per heavy atom. The average molecular weight is 463 g/mol. The van der Waals surface area contributed by atoms with Crippen molar-refractivity contribution in [2.45, 2.75) is 13.5 Å². The van der Waals surface area contributed by atoms with E-state index in [1.807, 2.05) is 25.1 Å². The van der Waals surface area contributed by atoms with E-state index in [1.54, 1.807) is 25.3 Å². The van der Waals surface area contributed by atoms with E-state index < -0.39 is 25.1 Å². The van der Waals surface area contributed by atoms with Gasteiger partial charge in [0.05, 0.1) is 17.2 Å². The first kappa shape index (κ1) is 22.7. The average Bonchev–Trinajstić information content (AvgIpc) is 2.76. The predicted molar refractivity (Wildman–Crippen MR) is 118 cm³/mol. The van der Waals surface area contributed by atoms with Crippen LogP contribution in [0.4, 0.5) is 0 Å². The fourth-order valence-corrected chi connectivity index (χ4v) is 3.31. The third-order valence-electron chi connectivity index (χ3n) is 4.32. The molecule has 31 heavy (non-hydrogen) atoms. The molecule has 0 saturated heterocycles. The number of rotatable bonds is 8. The molecule has 0 aliphatic heterocycles. The molecule has 0 spiro atoms. The quantitative estimate of drug-likeness (QED) is 0.507. The van der Waals surface area contributed by atoms with Gasteiger partial charge in [0.1, 0.15) is 11.3 Å². The van der Waals surface area contributed by atoms with Gasteiger partial charge in [-0.05, 0) is 42.8 Å². The van der Waals surface area contributed by atoms with E-state index in [0.717, 1.165) is 17.0 Å². The number of fused-ring (bicyclic) bond motifs is 1. The number of nitrogens with one attached hydrogen (secondary N) is 1. The normalized spacial score (nSPS) is 10.6. The van der Waals surface area contributed by atoms with Gasteiger partial charge < -0.3 is 19.5 Å². The van der Waals surface area contributed by atoms with Gasteiger partial charge in [0.25, 0.3) is 5.91 Å². The molecule has 3 rings (SSSR count).